The second kappa shape index (κ2) is 5.91. The maximum Gasteiger partial charge on any atom is 0.141 e. The highest BCUT2D eigenvalue weighted by Gasteiger charge is 2.15. The zero-order chi connectivity index (χ0) is 16.7. The van der Waals surface area contributed by atoms with Gasteiger partial charge in [0.25, 0.3) is 0 Å². The highest BCUT2D eigenvalue weighted by Crippen LogP contribution is 2.33. The van der Waals surface area contributed by atoms with Gasteiger partial charge in [0.15, 0.2) is 0 Å². The number of imidazole rings is 1. The molecule has 0 bridgehead atoms. The molecular formula is C19H16BrN3O. The van der Waals surface area contributed by atoms with Crippen molar-refractivity contribution >= 4 is 27.0 Å². The minimum absolute atomic E-state index is 0.787. The lowest BCUT2D eigenvalue weighted by molar-refractivity contribution is 0.393. The van der Waals surface area contributed by atoms with E-state index in [9.17, 15) is 0 Å². The minimum Gasteiger partial charge on any atom is -0.361 e. The van der Waals surface area contributed by atoms with Crippen molar-refractivity contribution in [2.45, 2.75) is 20.4 Å². The first-order valence-corrected chi connectivity index (χ1v) is 8.54. The molecule has 0 saturated carbocycles. The molecule has 4 aromatic rings. The van der Waals surface area contributed by atoms with Gasteiger partial charge < -0.3 is 9.09 Å². The number of halogens is 1. The van der Waals surface area contributed by atoms with Gasteiger partial charge in [-0.1, -0.05) is 35.5 Å². The second-order valence-electron chi connectivity index (χ2n) is 5.88. The summed E-state index contributed by atoms with van der Waals surface area (Å²) in [5.74, 6) is 0.827. The fraction of sp³-hybridized carbons (Fsp3) is 0.158. The van der Waals surface area contributed by atoms with Crippen molar-refractivity contribution in [2.75, 3.05) is 0 Å². The number of aromatic nitrogens is 3. The number of rotatable bonds is 3. The standard InChI is InChI=1S/C19H16BrN3O/c1-12-18(13(2)24-22-12)15-8-16(20)19-17(9-15)23(11-21-19)10-14-6-4-3-5-7-14/h3-9,11H,10H2,1-2H3. The SMILES string of the molecule is Cc1noc(C)c1-c1cc(Br)c2ncn(Cc3ccccc3)c2c1. The van der Waals surface area contributed by atoms with E-state index >= 15 is 0 Å². The maximum atomic E-state index is 5.32. The average Bonchev–Trinajstić information content (AvgIpc) is 3.12. The number of hydrogen-bond donors (Lipinski definition) is 0. The van der Waals surface area contributed by atoms with Crippen LogP contribution in [0.4, 0.5) is 0 Å². The fourth-order valence-electron chi connectivity index (χ4n) is 3.07. The minimum atomic E-state index is 0.787. The third-order valence-electron chi connectivity index (χ3n) is 4.20. The molecule has 0 atom stereocenters. The van der Waals surface area contributed by atoms with Crippen LogP contribution in [0.5, 0.6) is 0 Å². The van der Waals surface area contributed by atoms with E-state index in [1.54, 1.807) is 0 Å². The molecular weight excluding hydrogens is 366 g/mol. The molecule has 0 spiro atoms. The van der Waals surface area contributed by atoms with Crippen LogP contribution in [0.3, 0.4) is 0 Å². The molecule has 4 rings (SSSR count). The molecule has 120 valence electrons. The van der Waals surface area contributed by atoms with Crippen LogP contribution in [-0.2, 0) is 6.54 Å². The van der Waals surface area contributed by atoms with Gasteiger partial charge in [-0.05, 0) is 53.0 Å². The van der Waals surface area contributed by atoms with Crippen LogP contribution in [0.2, 0.25) is 0 Å². The first-order valence-electron chi connectivity index (χ1n) is 7.75. The quantitative estimate of drug-likeness (QED) is 0.494. The van der Waals surface area contributed by atoms with Crippen molar-refractivity contribution in [1.82, 2.24) is 14.7 Å². The van der Waals surface area contributed by atoms with Gasteiger partial charge in [0, 0.05) is 16.6 Å². The van der Waals surface area contributed by atoms with Crippen molar-refractivity contribution in [1.29, 1.82) is 0 Å². The Labute approximate surface area is 148 Å². The smallest absolute Gasteiger partial charge is 0.141 e. The van der Waals surface area contributed by atoms with Gasteiger partial charge in [-0.2, -0.15) is 0 Å². The molecule has 2 aromatic heterocycles. The molecule has 0 radical (unpaired) electrons. The Morgan fingerprint density at radius 3 is 2.62 bits per heavy atom. The molecule has 0 aliphatic heterocycles. The Morgan fingerprint density at radius 1 is 1.12 bits per heavy atom. The van der Waals surface area contributed by atoms with E-state index in [1.807, 2.05) is 26.2 Å². The summed E-state index contributed by atoms with van der Waals surface area (Å²) in [5.41, 5.74) is 6.32. The second-order valence-corrected chi connectivity index (χ2v) is 6.74. The van der Waals surface area contributed by atoms with E-state index in [4.69, 9.17) is 4.52 Å². The normalized spacial score (nSPS) is 11.3. The summed E-state index contributed by atoms with van der Waals surface area (Å²) in [5, 5.41) is 4.07. The first kappa shape index (κ1) is 15.1. The molecule has 5 heteroatoms. The largest absolute Gasteiger partial charge is 0.361 e. The van der Waals surface area contributed by atoms with Crippen LogP contribution >= 0.6 is 15.9 Å². The third-order valence-corrected chi connectivity index (χ3v) is 4.80. The molecule has 2 aromatic carbocycles. The van der Waals surface area contributed by atoms with Gasteiger partial charge in [0.1, 0.15) is 11.3 Å². The number of nitrogens with zero attached hydrogens (tertiary/aromatic N) is 3. The molecule has 0 aliphatic rings. The van der Waals surface area contributed by atoms with Crippen LogP contribution in [0.15, 0.2) is 57.8 Å². The van der Waals surface area contributed by atoms with Gasteiger partial charge in [-0.25, -0.2) is 4.98 Å². The summed E-state index contributed by atoms with van der Waals surface area (Å²) in [4.78, 5) is 4.56. The maximum absolute atomic E-state index is 5.32. The van der Waals surface area contributed by atoms with E-state index in [2.05, 4.69) is 67.0 Å². The van der Waals surface area contributed by atoms with Crippen molar-refractivity contribution in [3.63, 3.8) is 0 Å². The molecule has 0 saturated heterocycles. The van der Waals surface area contributed by atoms with Crippen molar-refractivity contribution < 1.29 is 4.52 Å². The number of hydrogen-bond acceptors (Lipinski definition) is 3. The van der Waals surface area contributed by atoms with E-state index in [1.165, 1.54) is 5.56 Å². The molecule has 4 nitrogen and oxygen atoms in total. The Bertz CT molecular complexity index is 998. The number of fused-ring (bicyclic) bond motifs is 1. The van der Waals surface area contributed by atoms with Crippen molar-refractivity contribution in [3.8, 4) is 11.1 Å². The Morgan fingerprint density at radius 2 is 1.92 bits per heavy atom. The lowest BCUT2D eigenvalue weighted by Crippen LogP contribution is -1.97. The molecule has 0 N–H and O–H groups in total. The van der Waals surface area contributed by atoms with Gasteiger partial charge in [-0.3, -0.25) is 0 Å². The predicted molar refractivity (Wildman–Crippen MR) is 97.9 cm³/mol. The summed E-state index contributed by atoms with van der Waals surface area (Å²) in [6, 6.07) is 14.6. The summed E-state index contributed by atoms with van der Waals surface area (Å²) < 4.78 is 8.46. The van der Waals surface area contributed by atoms with Crippen molar-refractivity contribution in [3.05, 3.63) is 70.3 Å². The van der Waals surface area contributed by atoms with Crippen molar-refractivity contribution in [2.24, 2.45) is 0 Å². The lowest BCUT2D eigenvalue weighted by Gasteiger charge is -2.07. The van der Waals surface area contributed by atoms with Gasteiger partial charge >= 0.3 is 0 Å². The topological polar surface area (TPSA) is 43.9 Å². The summed E-state index contributed by atoms with van der Waals surface area (Å²) in [6.07, 6.45) is 1.89. The van der Waals surface area contributed by atoms with Crippen LogP contribution < -0.4 is 0 Å². The summed E-state index contributed by atoms with van der Waals surface area (Å²) in [7, 11) is 0. The van der Waals surface area contributed by atoms with E-state index in [-0.39, 0.29) is 0 Å². The highest BCUT2D eigenvalue weighted by atomic mass is 79.9. The Kier molecular flexibility index (Phi) is 3.73. The number of benzene rings is 2. The lowest BCUT2D eigenvalue weighted by atomic mass is 10.0. The highest BCUT2D eigenvalue weighted by molar-refractivity contribution is 9.10. The van der Waals surface area contributed by atoms with Gasteiger partial charge in [0.2, 0.25) is 0 Å². The zero-order valence-corrected chi connectivity index (χ0v) is 15.0. The summed E-state index contributed by atoms with van der Waals surface area (Å²) >= 11 is 3.65. The first-order chi connectivity index (χ1) is 11.6. The van der Waals surface area contributed by atoms with E-state index in [0.717, 1.165) is 44.6 Å². The molecule has 2 heterocycles. The van der Waals surface area contributed by atoms with Crippen LogP contribution in [0.25, 0.3) is 22.2 Å². The Balaban J connectivity index is 1.86. The zero-order valence-electron chi connectivity index (χ0n) is 13.5. The van der Waals surface area contributed by atoms with Crippen LogP contribution in [0, 0.1) is 13.8 Å². The molecule has 0 aliphatic carbocycles. The van der Waals surface area contributed by atoms with Gasteiger partial charge in [-0.15, -0.1) is 0 Å². The third kappa shape index (κ3) is 2.55. The summed E-state index contributed by atoms with van der Waals surface area (Å²) in [6.45, 7) is 4.69. The Hall–Kier alpha value is -2.40. The van der Waals surface area contributed by atoms with Crippen LogP contribution in [-0.4, -0.2) is 14.7 Å². The van der Waals surface area contributed by atoms with Crippen LogP contribution in [0.1, 0.15) is 17.0 Å². The average molecular weight is 382 g/mol. The number of aryl methyl sites for hydroxylation is 2. The fourth-order valence-corrected chi connectivity index (χ4v) is 3.62. The predicted octanol–water partition coefficient (Wildman–Crippen LogP) is 5.12. The van der Waals surface area contributed by atoms with E-state index in [0.29, 0.717) is 0 Å². The van der Waals surface area contributed by atoms with Gasteiger partial charge in [0.05, 0.1) is 17.5 Å². The molecule has 0 amide bonds. The molecule has 0 unspecified atom stereocenters. The monoisotopic (exact) mass is 381 g/mol. The molecule has 0 fully saturated rings. The van der Waals surface area contributed by atoms with E-state index < -0.39 is 0 Å². The molecule has 24 heavy (non-hydrogen) atoms.